The van der Waals surface area contributed by atoms with E-state index in [4.69, 9.17) is 5.73 Å². The van der Waals surface area contributed by atoms with Crippen LogP contribution >= 0.6 is 0 Å². The Morgan fingerprint density at radius 3 is 2.43 bits per heavy atom. The van der Waals surface area contributed by atoms with Gasteiger partial charge in [-0.1, -0.05) is 19.8 Å². The van der Waals surface area contributed by atoms with Gasteiger partial charge in [-0.3, -0.25) is 9.52 Å². The van der Waals surface area contributed by atoms with Crippen molar-refractivity contribution in [2.45, 2.75) is 39.2 Å². The van der Waals surface area contributed by atoms with Gasteiger partial charge in [0.15, 0.2) is 0 Å². The molecule has 0 aromatic carbocycles. The van der Waals surface area contributed by atoms with Crippen molar-refractivity contribution in [2.24, 2.45) is 5.73 Å². The lowest BCUT2D eigenvalue weighted by Crippen LogP contribution is -2.43. The summed E-state index contributed by atoms with van der Waals surface area (Å²) in [5, 5.41) is 0. The fourth-order valence-corrected chi connectivity index (χ4v) is 1.46. The Labute approximate surface area is 85.1 Å². The normalized spacial score (nSPS) is 13.6. The van der Waals surface area contributed by atoms with Gasteiger partial charge in [-0.25, -0.2) is 8.42 Å². The number of unbranched alkanes of at least 4 members (excludes halogenated alkanes) is 1. The number of carbonyl (C=O) groups excluding carboxylic acids is 1. The first-order valence-electron chi connectivity index (χ1n) is 4.72. The summed E-state index contributed by atoms with van der Waals surface area (Å²) in [4.78, 5) is 11.2. The highest BCUT2D eigenvalue weighted by Crippen LogP contribution is 1.98. The van der Waals surface area contributed by atoms with Crippen molar-refractivity contribution < 1.29 is 13.2 Å². The van der Waals surface area contributed by atoms with Gasteiger partial charge in [0.1, 0.15) is 0 Å². The molecule has 0 aliphatic rings. The molecule has 1 amide bonds. The Bertz CT molecular complexity index is 274. The zero-order valence-corrected chi connectivity index (χ0v) is 9.43. The molecule has 0 rings (SSSR count). The van der Waals surface area contributed by atoms with Crippen molar-refractivity contribution in [3.8, 4) is 0 Å². The third kappa shape index (κ3) is 5.18. The minimum Gasteiger partial charge on any atom is -0.320 e. The largest absolute Gasteiger partial charge is 0.320 e. The smallest absolute Gasteiger partial charge is 0.250 e. The molecule has 1 atom stereocenters. The SMILES string of the molecule is CCCCC(N)C(=O)NS(=O)(=O)CC. The van der Waals surface area contributed by atoms with Gasteiger partial charge >= 0.3 is 0 Å². The molecule has 0 saturated heterocycles. The topological polar surface area (TPSA) is 89.3 Å². The van der Waals surface area contributed by atoms with Crippen molar-refractivity contribution in [1.29, 1.82) is 0 Å². The number of carbonyl (C=O) groups is 1. The van der Waals surface area contributed by atoms with Gasteiger partial charge in [0, 0.05) is 0 Å². The predicted octanol–water partition coefficient (Wildman–Crippen LogP) is -0.0302. The number of nitrogens with one attached hydrogen (secondary N) is 1. The average Bonchev–Trinajstić information content (AvgIpc) is 2.13. The molecule has 0 aromatic heterocycles. The van der Waals surface area contributed by atoms with E-state index in [1.165, 1.54) is 6.92 Å². The molecular weight excluding hydrogens is 204 g/mol. The van der Waals surface area contributed by atoms with Crippen LogP contribution in [0.15, 0.2) is 0 Å². The molecule has 0 aromatic rings. The standard InChI is InChI=1S/C8H18N2O3S/c1-3-5-6-7(9)8(11)10-14(12,13)4-2/h7H,3-6,9H2,1-2H3,(H,10,11). The third-order valence-corrected chi connectivity index (χ3v) is 3.11. The van der Waals surface area contributed by atoms with Gasteiger partial charge in [0.25, 0.3) is 0 Å². The molecule has 0 saturated carbocycles. The minimum absolute atomic E-state index is 0.112. The first kappa shape index (κ1) is 13.4. The Hall–Kier alpha value is -0.620. The quantitative estimate of drug-likeness (QED) is 0.660. The zero-order chi connectivity index (χ0) is 11.2. The van der Waals surface area contributed by atoms with Crippen LogP contribution in [0.25, 0.3) is 0 Å². The van der Waals surface area contributed by atoms with Crippen molar-refractivity contribution in [3.05, 3.63) is 0 Å². The summed E-state index contributed by atoms with van der Waals surface area (Å²) in [5.74, 6) is -0.723. The van der Waals surface area contributed by atoms with E-state index in [1.54, 1.807) is 0 Å². The van der Waals surface area contributed by atoms with E-state index in [9.17, 15) is 13.2 Å². The van der Waals surface area contributed by atoms with Crippen molar-refractivity contribution in [3.63, 3.8) is 0 Å². The van der Waals surface area contributed by atoms with Gasteiger partial charge in [0.05, 0.1) is 11.8 Å². The second-order valence-electron chi connectivity index (χ2n) is 3.12. The molecule has 0 bridgehead atoms. The fraction of sp³-hybridized carbons (Fsp3) is 0.875. The van der Waals surface area contributed by atoms with Crippen LogP contribution in [0, 0.1) is 0 Å². The molecular formula is C8H18N2O3S. The summed E-state index contributed by atoms with van der Waals surface area (Å²) in [7, 11) is -3.47. The lowest BCUT2D eigenvalue weighted by atomic mass is 10.1. The molecule has 14 heavy (non-hydrogen) atoms. The average molecular weight is 222 g/mol. The molecule has 0 heterocycles. The number of nitrogens with two attached hydrogens (primary N) is 1. The Morgan fingerprint density at radius 1 is 1.43 bits per heavy atom. The number of sulfonamides is 1. The second kappa shape index (κ2) is 5.98. The number of rotatable bonds is 6. The summed E-state index contributed by atoms with van der Waals surface area (Å²) in [6, 6.07) is -0.726. The Morgan fingerprint density at radius 2 is 2.00 bits per heavy atom. The lowest BCUT2D eigenvalue weighted by Gasteiger charge is -2.10. The molecule has 6 heteroatoms. The maximum atomic E-state index is 11.2. The van der Waals surface area contributed by atoms with Crippen LogP contribution in [-0.2, 0) is 14.8 Å². The summed E-state index contributed by atoms with van der Waals surface area (Å²) in [6.45, 7) is 3.45. The highest BCUT2D eigenvalue weighted by atomic mass is 32.2. The summed E-state index contributed by atoms with van der Waals surface area (Å²) in [5.41, 5.74) is 5.49. The van der Waals surface area contributed by atoms with Crippen LogP contribution in [0.4, 0.5) is 0 Å². The van der Waals surface area contributed by atoms with E-state index < -0.39 is 22.0 Å². The summed E-state index contributed by atoms with van der Waals surface area (Å²) in [6.07, 6.45) is 2.27. The fourth-order valence-electron chi connectivity index (χ4n) is 0.856. The van der Waals surface area contributed by atoms with Crippen LogP contribution in [0.5, 0.6) is 0 Å². The molecule has 3 N–H and O–H groups in total. The van der Waals surface area contributed by atoms with Crippen molar-refractivity contribution in [1.82, 2.24) is 4.72 Å². The highest BCUT2D eigenvalue weighted by molar-refractivity contribution is 7.90. The van der Waals surface area contributed by atoms with Crippen LogP contribution in [-0.4, -0.2) is 26.1 Å². The van der Waals surface area contributed by atoms with E-state index in [0.29, 0.717) is 6.42 Å². The van der Waals surface area contributed by atoms with E-state index >= 15 is 0 Å². The van der Waals surface area contributed by atoms with Crippen LogP contribution < -0.4 is 10.5 Å². The van der Waals surface area contributed by atoms with Gasteiger partial charge in [-0.2, -0.15) is 0 Å². The Balaban J connectivity index is 4.08. The molecule has 5 nitrogen and oxygen atoms in total. The predicted molar refractivity (Wildman–Crippen MR) is 55.1 cm³/mol. The van der Waals surface area contributed by atoms with Crippen molar-refractivity contribution >= 4 is 15.9 Å². The molecule has 0 fully saturated rings. The maximum Gasteiger partial charge on any atom is 0.250 e. The number of hydrogen-bond acceptors (Lipinski definition) is 4. The Kier molecular flexibility index (Phi) is 5.71. The highest BCUT2D eigenvalue weighted by Gasteiger charge is 2.17. The van der Waals surface area contributed by atoms with E-state index in [0.717, 1.165) is 12.8 Å². The number of hydrogen-bond donors (Lipinski definition) is 2. The number of amides is 1. The zero-order valence-electron chi connectivity index (χ0n) is 8.62. The van der Waals surface area contributed by atoms with Crippen molar-refractivity contribution in [2.75, 3.05) is 5.75 Å². The first-order valence-corrected chi connectivity index (χ1v) is 6.38. The molecule has 84 valence electrons. The van der Waals surface area contributed by atoms with Crippen LogP contribution in [0.2, 0.25) is 0 Å². The van der Waals surface area contributed by atoms with Gasteiger partial charge in [0.2, 0.25) is 15.9 Å². The van der Waals surface area contributed by atoms with E-state index in [-0.39, 0.29) is 5.75 Å². The minimum atomic E-state index is -3.47. The summed E-state index contributed by atoms with van der Waals surface area (Å²) >= 11 is 0. The van der Waals surface area contributed by atoms with Gasteiger partial charge < -0.3 is 5.73 Å². The molecule has 0 aliphatic carbocycles. The van der Waals surface area contributed by atoms with Crippen LogP contribution in [0.3, 0.4) is 0 Å². The second-order valence-corrected chi connectivity index (χ2v) is 5.13. The molecule has 0 radical (unpaired) electrons. The lowest BCUT2D eigenvalue weighted by molar-refractivity contribution is -0.120. The molecule has 0 aliphatic heterocycles. The van der Waals surface area contributed by atoms with Crippen LogP contribution in [0.1, 0.15) is 33.1 Å². The van der Waals surface area contributed by atoms with Gasteiger partial charge in [-0.05, 0) is 13.3 Å². The van der Waals surface area contributed by atoms with E-state index in [2.05, 4.69) is 0 Å². The monoisotopic (exact) mass is 222 g/mol. The molecule has 1 unspecified atom stereocenters. The van der Waals surface area contributed by atoms with E-state index in [1.807, 2.05) is 11.6 Å². The summed E-state index contributed by atoms with van der Waals surface area (Å²) < 4.78 is 23.9. The first-order chi connectivity index (χ1) is 6.43. The molecule has 0 spiro atoms. The van der Waals surface area contributed by atoms with Gasteiger partial charge in [-0.15, -0.1) is 0 Å². The maximum absolute atomic E-state index is 11.2. The third-order valence-electron chi connectivity index (χ3n) is 1.84.